The molecule has 4 heteroatoms. The van der Waals surface area contributed by atoms with E-state index in [0.717, 1.165) is 31.6 Å². The molecule has 1 aromatic rings. The lowest BCUT2D eigenvalue weighted by Gasteiger charge is -2.25. The van der Waals surface area contributed by atoms with E-state index >= 15 is 0 Å². The van der Waals surface area contributed by atoms with Gasteiger partial charge in [-0.05, 0) is 37.1 Å². The lowest BCUT2D eigenvalue weighted by Crippen LogP contribution is -2.37. The Morgan fingerprint density at radius 3 is 2.30 bits per heavy atom. The van der Waals surface area contributed by atoms with E-state index in [0.29, 0.717) is 12.1 Å². The zero-order valence-electron chi connectivity index (χ0n) is 11.8. The summed E-state index contributed by atoms with van der Waals surface area (Å²) in [5.41, 5.74) is 1.51. The van der Waals surface area contributed by atoms with Gasteiger partial charge in [0.15, 0.2) is 0 Å². The molecule has 1 aliphatic heterocycles. The largest absolute Gasteiger partial charge is 0.376 e. The van der Waals surface area contributed by atoms with Crippen molar-refractivity contribution >= 4 is 11.6 Å². The van der Waals surface area contributed by atoms with Gasteiger partial charge < -0.3 is 10.2 Å². The predicted octanol–water partition coefficient (Wildman–Crippen LogP) is 2.76. The molecule has 1 amide bonds. The van der Waals surface area contributed by atoms with Crippen LogP contribution in [0.3, 0.4) is 0 Å². The van der Waals surface area contributed by atoms with Crippen molar-refractivity contribution < 1.29 is 4.79 Å². The van der Waals surface area contributed by atoms with Gasteiger partial charge in [0.2, 0.25) is 5.91 Å². The minimum absolute atomic E-state index is 0.163. The fourth-order valence-corrected chi connectivity index (χ4v) is 2.45. The number of likely N-dealkylation sites (tertiary alicyclic amines) is 1. The fraction of sp³-hybridized carbons (Fsp3) is 0.500. The van der Waals surface area contributed by atoms with Crippen LogP contribution in [0.5, 0.6) is 0 Å². The number of nitrogens with zero attached hydrogens (tertiary/aromatic N) is 2. The summed E-state index contributed by atoms with van der Waals surface area (Å²) in [7, 11) is 0. The van der Waals surface area contributed by atoms with Crippen molar-refractivity contribution in [3.8, 4) is 6.07 Å². The molecule has 0 spiro atoms. The first kappa shape index (κ1) is 14.4. The number of nitriles is 1. The van der Waals surface area contributed by atoms with Crippen LogP contribution in [-0.2, 0) is 4.79 Å². The Bertz CT molecular complexity index is 467. The number of anilines is 1. The first-order valence-corrected chi connectivity index (χ1v) is 7.31. The van der Waals surface area contributed by atoms with Crippen LogP contribution in [0.1, 0.15) is 37.7 Å². The van der Waals surface area contributed by atoms with E-state index in [-0.39, 0.29) is 5.91 Å². The van der Waals surface area contributed by atoms with E-state index in [2.05, 4.69) is 11.4 Å². The summed E-state index contributed by atoms with van der Waals surface area (Å²) in [5.74, 6) is 0.163. The van der Waals surface area contributed by atoms with Crippen LogP contribution in [0, 0.1) is 11.3 Å². The zero-order chi connectivity index (χ0) is 14.2. The molecule has 0 aliphatic carbocycles. The number of carbonyl (C=O) groups excluding carboxylic acids is 1. The molecule has 1 aromatic carbocycles. The standard InChI is InChI=1S/C16H21N3O/c17-12-14-6-8-15(9-7-14)18-13-16(20)19-10-4-2-1-3-5-11-19/h6-9,18H,1-5,10-11,13H2. The van der Waals surface area contributed by atoms with E-state index in [1.807, 2.05) is 17.0 Å². The van der Waals surface area contributed by atoms with Crippen LogP contribution in [0.4, 0.5) is 5.69 Å². The van der Waals surface area contributed by atoms with Crippen molar-refractivity contribution in [2.24, 2.45) is 0 Å². The second-order valence-electron chi connectivity index (χ2n) is 5.19. The second kappa shape index (κ2) is 7.54. The number of carbonyl (C=O) groups is 1. The van der Waals surface area contributed by atoms with Gasteiger partial charge in [0.1, 0.15) is 0 Å². The zero-order valence-corrected chi connectivity index (χ0v) is 11.8. The lowest BCUT2D eigenvalue weighted by molar-refractivity contribution is -0.129. The molecule has 0 bridgehead atoms. The quantitative estimate of drug-likeness (QED) is 0.919. The molecule has 106 valence electrons. The summed E-state index contributed by atoms with van der Waals surface area (Å²) < 4.78 is 0. The monoisotopic (exact) mass is 271 g/mol. The fourth-order valence-electron chi connectivity index (χ4n) is 2.45. The molecule has 0 unspecified atom stereocenters. The van der Waals surface area contributed by atoms with Crippen LogP contribution in [0.2, 0.25) is 0 Å². The maximum absolute atomic E-state index is 12.2. The highest BCUT2D eigenvalue weighted by Crippen LogP contribution is 2.12. The van der Waals surface area contributed by atoms with E-state index in [1.165, 1.54) is 19.3 Å². The van der Waals surface area contributed by atoms with Gasteiger partial charge in [0, 0.05) is 18.8 Å². The maximum atomic E-state index is 12.2. The van der Waals surface area contributed by atoms with Crippen molar-refractivity contribution in [3.05, 3.63) is 29.8 Å². The summed E-state index contributed by atoms with van der Waals surface area (Å²) in [6.45, 7) is 2.09. The summed E-state index contributed by atoms with van der Waals surface area (Å²) in [5, 5.41) is 11.9. The first-order chi connectivity index (χ1) is 9.79. The summed E-state index contributed by atoms with van der Waals surface area (Å²) in [4.78, 5) is 14.1. The van der Waals surface area contributed by atoms with Crippen molar-refractivity contribution in [2.75, 3.05) is 25.0 Å². The predicted molar refractivity (Wildman–Crippen MR) is 79.3 cm³/mol. The molecule has 20 heavy (non-hydrogen) atoms. The van der Waals surface area contributed by atoms with Gasteiger partial charge >= 0.3 is 0 Å². The molecule has 1 N–H and O–H groups in total. The lowest BCUT2D eigenvalue weighted by atomic mass is 10.1. The summed E-state index contributed by atoms with van der Waals surface area (Å²) in [6.07, 6.45) is 5.98. The summed E-state index contributed by atoms with van der Waals surface area (Å²) >= 11 is 0. The van der Waals surface area contributed by atoms with Crippen LogP contribution < -0.4 is 5.32 Å². The van der Waals surface area contributed by atoms with Crippen LogP contribution in [0.25, 0.3) is 0 Å². The number of nitrogens with one attached hydrogen (secondary N) is 1. The Morgan fingerprint density at radius 2 is 1.70 bits per heavy atom. The highest BCUT2D eigenvalue weighted by atomic mass is 16.2. The molecule has 1 saturated heterocycles. The van der Waals surface area contributed by atoms with Crippen LogP contribution in [0.15, 0.2) is 24.3 Å². The molecular weight excluding hydrogens is 250 g/mol. The maximum Gasteiger partial charge on any atom is 0.241 e. The average molecular weight is 271 g/mol. The number of amides is 1. The van der Waals surface area contributed by atoms with Crippen LogP contribution >= 0.6 is 0 Å². The molecule has 4 nitrogen and oxygen atoms in total. The van der Waals surface area contributed by atoms with Crippen molar-refractivity contribution in [1.82, 2.24) is 4.90 Å². The van der Waals surface area contributed by atoms with E-state index < -0.39 is 0 Å². The molecule has 1 heterocycles. The van der Waals surface area contributed by atoms with E-state index in [9.17, 15) is 4.79 Å². The molecular formula is C16H21N3O. The van der Waals surface area contributed by atoms with Crippen LogP contribution in [-0.4, -0.2) is 30.4 Å². The molecule has 0 radical (unpaired) electrons. The molecule has 0 aromatic heterocycles. The van der Waals surface area contributed by atoms with Crippen molar-refractivity contribution in [3.63, 3.8) is 0 Å². The van der Waals surface area contributed by atoms with Gasteiger partial charge in [-0.25, -0.2) is 0 Å². The highest BCUT2D eigenvalue weighted by molar-refractivity contribution is 5.80. The smallest absolute Gasteiger partial charge is 0.241 e. The third-order valence-corrected chi connectivity index (χ3v) is 3.67. The Morgan fingerprint density at radius 1 is 1.10 bits per heavy atom. The topological polar surface area (TPSA) is 56.1 Å². The third kappa shape index (κ3) is 4.27. The molecule has 0 atom stereocenters. The Labute approximate surface area is 120 Å². The number of rotatable bonds is 3. The van der Waals surface area contributed by atoms with Gasteiger partial charge in [-0.2, -0.15) is 5.26 Å². The Balaban J connectivity index is 1.82. The highest BCUT2D eigenvalue weighted by Gasteiger charge is 2.14. The van der Waals surface area contributed by atoms with Gasteiger partial charge in [0.05, 0.1) is 18.2 Å². The normalized spacial score (nSPS) is 15.8. The average Bonchev–Trinajstić information content (AvgIpc) is 2.45. The Kier molecular flexibility index (Phi) is 5.43. The van der Waals surface area contributed by atoms with Gasteiger partial charge in [-0.1, -0.05) is 19.3 Å². The van der Waals surface area contributed by atoms with Gasteiger partial charge in [-0.15, -0.1) is 0 Å². The molecule has 1 fully saturated rings. The first-order valence-electron chi connectivity index (χ1n) is 7.31. The van der Waals surface area contributed by atoms with Crippen molar-refractivity contribution in [1.29, 1.82) is 5.26 Å². The van der Waals surface area contributed by atoms with Gasteiger partial charge in [-0.3, -0.25) is 4.79 Å². The molecule has 0 saturated carbocycles. The van der Waals surface area contributed by atoms with E-state index in [1.54, 1.807) is 12.1 Å². The van der Waals surface area contributed by atoms with Gasteiger partial charge in [0.25, 0.3) is 0 Å². The second-order valence-corrected chi connectivity index (χ2v) is 5.19. The number of hydrogen-bond donors (Lipinski definition) is 1. The molecule has 1 aliphatic rings. The minimum Gasteiger partial charge on any atom is -0.376 e. The number of benzene rings is 1. The number of hydrogen-bond acceptors (Lipinski definition) is 3. The van der Waals surface area contributed by atoms with Crippen molar-refractivity contribution in [2.45, 2.75) is 32.1 Å². The third-order valence-electron chi connectivity index (χ3n) is 3.67. The summed E-state index contributed by atoms with van der Waals surface area (Å²) in [6, 6.07) is 9.25. The molecule has 2 rings (SSSR count). The SMILES string of the molecule is N#Cc1ccc(NCC(=O)N2CCCCCCC2)cc1. The Hall–Kier alpha value is -2.02. The minimum atomic E-state index is 0.163. The van der Waals surface area contributed by atoms with E-state index in [4.69, 9.17) is 5.26 Å².